The molecule has 1 saturated carbocycles. The molecule has 2 N–H and O–H groups in total. The van der Waals surface area contributed by atoms with Gasteiger partial charge in [0.25, 0.3) is 5.91 Å². The van der Waals surface area contributed by atoms with Gasteiger partial charge in [-0.2, -0.15) is 0 Å². The monoisotopic (exact) mass is 349 g/mol. The molecule has 2 unspecified atom stereocenters. The molecule has 6 nitrogen and oxygen atoms in total. The van der Waals surface area contributed by atoms with E-state index in [1.54, 1.807) is 13.8 Å². The van der Waals surface area contributed by atoms with Crippen molar-refractivity contribution in [2.24, 2.45) is 5.41 Å². The summed E-state index contributed by atoms with van der Waals surface area (Å²) in [6.45, 7) is 9.56. The van der Waals surface area contributed by atoms with E-state index >= 15 is 0 Å². The highest BCUT2D eigenvalue weighted by Crippen LogP contribution is 2.51. The van der Waals surface area contributed by atoms with Crippen LogP contribution in [0.1, 0.15) is 38.3 Å². The van der Waals surface area contributed by atoms with Crippen molar-refractivity contribution >= 4 is 11.9 Å². The van der Waals surface area contributed by atoms with Crippen LogP contribution in [-0.4, -0.2) is 41.8 Å². The number of para-hydroxylation sites is 1. The van der Waals surface area contributed by atoms with E-state index in [1.807, 2.05) is 39.0 Å². The number of amides is 1. The van der Waals surface area contributed by atoms with Crippen LogP contribution in [0.2, 0.25) is 0 Å². The molecule has 6 heteroatoms. The molecule has 0 aromatic heterocycles. The minimum Gasteiger partial charge on any atom is -0.483 e. The summed E-state index contributed by atoms with van der Waals surface area (Å²) in [6, 6.07) is 5.73. The zero-order valence-corrected chi connectivity index (χ0v) is 15.5. The van der Waals surface area contributed by atoms with Crippen LogP contribution in [0.3, 0.4) is 0 Å². The predicted octanol–water partition coefficient (Wildman–Crippen LogP) is 2.46. The molecule has 0 heterocycles. The van der Waals surface area contributed by atoms with E-state index in [9.17, 15) is 14.7 Å². The molecular weight excluding hydrogens is 322 g/mol. The zero-order chi connectivity index (χ0) is 18.8. The summed E-state index contributed by atoms with van der Waals surface area (Å²) >= 11 is 0. The summed E-state index contributed by atoms with van der Waals surface area (Å²) in [6.07, 6.45) is 0.0478. The van der Waals surface area contributed by atoms with Crippen molar-refractivity contribution < 1.29 is 24.2 Å². The van der Waals surface area contributed by atoms with Gasteiger partial charge in [0.2, 0.25) is 0 Å². The Labute approximate surface area is 148 Å². The summed E-state index contributed by atoms with van der Waals surface area (Å²) in [7, 11) is 0. The Morgan fingerprint density at radius 2 is 1.88 bits per heavy atom. The molecule has 0 saturated heterocycles. The number of ether oxygens (including phenoxy) is 2. The van der Waals surface area contributed by atoms with Crippen molar-refractivity contribution in [3.05, 3.63) is 29.3 Å². The van der Waals surface area contributed by atoms with Gasteiger partial charge in [-0.1, -0.05) is 32.0 Å². The first-order valence-corrected chi connectivity index (χ1v) is 8.50. The standard InChI is InChI=1S/C19H27NO5/c1-6-24-14-10-19(17(22)23,18(14,4)5)20-15(21)11-25-16-12(2)8-7-9-13(16)3/h7-9,14H,6,10-11H2,1-5H3,(H,20,21)(H,22,23). The van der Waals surface area contributed by atoms with Crippen LogP contribution in [-0.2, 0) is 14.3 Å². The first-order valence-electron chi connectivity index (χ1n) is 8.50. The SMILES string of the molecule is CCOC1CC(NC(=O)COc2c(C)cccc2C)(C(=O)O)C1(C)C. The third-order valence-electron chi connectivity index (χ3n) is 5.24. The number of nitrogens with one attached hydrogen (secondary N) is 1. The second kappa shape index (κ2) is 7.04. The molecule has 2 rings (SSSR count). The van der Waals surface area contributed by atoms with Crippen LogP contribution < -0.4 is 10.1 Å². The minimum absolute atomic E-state index is 0.201. The van der Waals surface area contributed by atoms with Crippen LogP contribution in [0.15, 0.2) is 18.2 Å². The first kappa shape index (κ1) is 19.2. The van der Waals surface area contributed by atoms with Crippen molar-refractivity contribution in [2.45, 2.75) is 52.7 Å². The van der Waals surface area contributed by atoms with Gasteiger partial charge in [0.15, 0.2) is 6.61 Å². The fraction of sp³-hybridized carbons (Fsp3) is 0.579. The second-order valence-corrected chi connectivity index (χ2v) is 7.14. The van der Waals surface area contributed by atoms with Gasteiger partial charge in [0, 0.05) is 18.4 Å². The Kier molecular flexibility index (Phi) is 5.42. The molecule has 1 aliphatic carbocycles. The van der Waals surface area contributed by atoms with Crippen LogP contribution in [0.4, 0.5) is 0 Å². The minimum atomic E-state index is -1.34. The van der Waals surface area contributed by atoms with Crippen molar-refractivity contribution in [1.29, 1.82) is 0 Å². The fourth-order valence-electron chi connectivity index (χ4n) is 3.48. The molecule has 25 heavy (non-hydrogen) atoms. The predicted molar refractivity (Wildman–Crippen MR) is 93.7 cm³/mol. The highest BCUT2D eigenvalue weighted by Gasteiger charge is 2.66. The Bertz CT molecular complexity index is 650. The van der Waals surface area contributed by atoms with E-state index < -0.39 is 22.8 Å². The maximum absolute atomic E-state index is 12.4. The maximum atomic E-state index is 12.4. The average Bonchev–Trinajstić information content (AvgIpc) is 2.52. The maximum Gasteiger partial charge on any atom is 0.330 e. The molecule has 1 aliphatic rings. The number of carbonyl (C=O) groups excluding carboxylic acids is 1. The number of benzene rings is 1. The molecule has 0 bridgehead atoms. The third-order valence-corrected chi connectivity index (χ3v) is 5.24. The topological polar surface area (TPSA) is 84.9 Å². The van der Waals surface area contributed by atoms with Crippen molar-refractivity contribution in [1.82, 2.24) is 5.32 Å². The average molecular weight is 349 g/mol. The van der Waals surface area contributed by atoms with Gasteiger partial charge in [-0.3, -0.25) is 4.79 Å². The van der Waals surface area contributed by atoms with Gasteiger partial charge < -0.3 is 19.9 Å². The summed E-state index contributed by atoms with van der Waals surface area (Å²) < 4.78 is 11.2. The summed E-state index contributed by atoms with van der Waals surface area (Å²) in [5.41, 5.74) is -0.181. The van der Waals surface area contributed by atoms with Gasteiger partial charge in [-0.15, -0.1) is 0 Å². The summed E-state index contributed by atoms with van der Waals surface area (Å²) in [5.74, 6) is -0.843. The number of carboxylic acids is 1. The van der Waals surface area contributed by atoms with E-state index in [1.165, 1.54) is 0 Å². The number of hydrogen-bond acceptors (Lipinski definition) is 4. The lowest BCUT2D eigenvalue weighted by atomic mass is 9.54. The molecule has 0 aliphatic heterocycles. The van der Waals surface area contributed by atoms with E-state index in [0.29, 0.717) is 12.4 Å². The normalized spacial score (nSPS) is 24.3. The molecule has 1 aromatic rings. The lowest BCUT2D eigenvalue weighted by Crippen LogP contribution is -2.76. The van der Waals surface area contributed by atoms with Crippen LogP contribution in [0.25, 0.3) is 0 Å². The number of carboxylic acid groups (broad SMARTS) is 1. The Balaban J connectivity index is 2.06. The number of rotatable bonds is 7. The van der Waals surface area contributed by atoms with Gasteiger partial charge in [-0.25, -0.2) is 4.79 Å². The van der Waals surface area contributed by atoms with Crippen LogP contribution >= 0.6 is 0 Å². The molecule has 0 radical (unpaired) electrons. The molecule has 0 spiro atoms. The van der Waals surface area contributed by atoms with Crippen molar-refractivity contribution in [3.8, 4) is 5.75 Å². The quantitative estimate of drug-likeness (QED) is 0.790. The van der Waals surface area contributed by atoms with E-state index in [-0.39, 0.29) is 19.1 Å². The van der Waals surface area contributed by atoms with Crippen molar-refractivity contribution in [2.75, 3.05) is 13.2 Å². The van der Waals surface area contributed by atoms with Crippen LogP contribution in [0.5, 0.6) is 5.75 Å². The smallest absolute Gasteiger partial charge is 0.330 e. The lowest BCUT2D eigenvalue weighted by molar-refractivity contribution is -0.194. The van der Waals surface area contributed by atoms with E-state index in [4.69, 9.17) is 9.47 Å². The fourth-order valence-corrected chi connectivity index (χ4v) is 3.48. The zero-order valence-electron chi connectivity index (χ0n) is 15.5. The van der Waals surface area contributed by atoms with E-state index in [2.05, 4.69) is 5.32 Å². The molecule has 1 fully saturated rings. The summed E-state index contributed by atoms with van der Waals surface area (Å²) in [5, 5.41) is 12.4. The molecule has 138 valence electrons. The van der Waals surface area contributed by atoms with Gasteiger partial charge in [0.1, 0.15) is 11.3 Å². The highest BCUT2D eigenvalue weighted by molar-refractivity contribution is 5.90. The number of hydrogen-bond donors (Lipinski definition) is 2. The first-order chi connectivity index (χ1) is 11.7. The van der Waals surface area contributed by atoms with Gasteiger partial charge >= 0.3 is 5.97 Å². The second-order valence-electron chi connectivity index (χ2n) is 7.14. The largest absolute Gasteiger partial charge is 0.483 e. The lowest BCUT2D eigenvalue weighted by Gasteiger charge is -2.58. The molecule has 1 amide bonds. The third kappa shape index (κ3) is 3.35. The van der Waals surface area contributed by atoms with Gasteiger partial charge in [-0.05, 0) is 31.9 Å². The van der Waals surface area contributed by atoms with Crippen molar-refractivity contribution in [3.63, 3.8) is 0 Å². The van der Waals surface area contributed by atoms with E-state index in [0.717, 1.165) is 11.1 Å². The molecule has 1 aromatic carbocycles. The number of aliphatic carboxylic acids is 1. The Morgan fingerprint density at radius 3 is 2.36 bits per heavy atom. The molecule has 2 atom stereocenters. The highest BCUT2D eigenvalue weighted by atomic mass is 16.5. The Hall–Kier alpha value is -2.08. The Morgan fingerprint density at radius 1 is 1.28 bits per heavy atom. The van der Waals surface area contributed by atoms with Crippen LogP contribution in [0, 0.1) is 19.3 Å². The van der Waals surface area contributed by atoms with Gasteiger partial charge in [0.05, 0.1) is 6.10 Å². The summed E-state index contributed by atoms with van der Waals surface area (Å²) in [4.78, 5) is 24.2. The number of carbonyl (C=O) groups is 2. The molecular formula is C19H27NO5. The number of aryl methyl sites for hydroxylation is 2.